The van der Waals surface area contributed by atoms with Crippen molar-refractivity contribution in [3.63, 3.8) is 0 Å². The maximum atomic E-state index is 12.3. The van der Waals surface area contributed by atoms with Gasteiger partial charge in [-0.2, -0.15) is 0 Å². The zero-order valence-electron chi connectivity index (χ0n) is 14.9. The third-order valence-corrected chi connectivity index (χ3v) is 3.66. The number of hydrogen-bond donors (Lipinski definition) is 0. The molecule has 0 aliphatic rings. The van der Waals surface area contributed by atoms with Crippen molar-refractivity contribution in [2.45, 2.75) is 0 Å². The van der Waals surface area contributed by atoms with E-state index in [9.17, 15) is 19.7 Å². The van der Waals surface area contributed by atoms with E-state index in [1.54, 1.807) is 0 Å². The summed E-state index contributed by atoms with van der Waals surface area (Å²) in [6.45, 7) is -0.534. The Morgan fingerprint density at radius 2 is 1.56 bits per heavy atom. The van der Waals surface area contributed by atoms with Crippen molar-refractivity contribution < 1.29 is 33.5 Å². The molecule has 0 atom stereocenters. The summed E-state index contributed by atoms with van der Waals surface area (Å²) in [5.41, 5.74) is 0.109. The topological polar surface area (TPSA) is 114 Å². The van der Waals surface area contributed by atoms with Crippen LogP contribution in [0, 0.1) is 10.1 Å². The van der Waals surface area contributed by atoms with Crippen LogP contribution in [-0.4, -0.2) is 44.6 Å². The normalized spacial score (nSPS) is 10.0. The van der Waals surface area contributed by atoms with Crippen molar-refractivity contribution >= 4 is 17.4 Å². The number of benzene rings is 2. The van der Waals surface area contributed by atoms with Crippen molar-refractivity contribution in [3.8, 4) is 17.2 Å². The lowest BCUT2D eigenvalue weighted by molar-refractivity contribution is -0.384. The molecule has 27 heavy (non-hydrogen) atoms. The molecule has 0 radical (unpaired) electrons. The largest absolute Gasteiger partial charge is 0.493 e. The summed E-state index contributed by atoms with van der Waals surface area (Å²) in [6.07, 6.45) is 0. The van der Waals surface area contributed by atoms with E-state index in [1.807, 2.05) is 0 Å². The summed E-state index contributed by atoms with van der Waals surface area (Å²) in [6, 6.07) is 7.93. The van der Waals surface area contributed by atoms with Gasteiger partial charge in [0.05, 0.1) is 26.3 Å². The van der Waals surface area contributed by atoms with Gasteiger partial charge in [0.1, 0.15) is 5.56 Å². The highest BCUT2D eigenvalue weighted by atomic mass is 16.6. The molecule has 9 nitrogen and oxygen atoms in total. The second-order valence-electron chi connectivity index (χ2n) is 5.19. The first kappa shape index (κ1) is 19.7. The molecule has 0 heterocycles. The highest BCUT2D eigenvalue weighted by Gasteiger charge is 2.22. The van der Waals surface area contributed by atoms with Crippen LogP contribution in [0.2, 0.25) is 0 Å². The summed E-state index contributed by atoms with van der Waals surface area (Å²) in [5, 5.41) is 10.6. The lowest BCUT2D eigenvalue weighted by atomic mass is 10.1. The first-order chi connectivity index (χ1) is 12.9. The van der Waals surface area contributed by atoms with Gasteiger partial charge < -0.3 is 18.9 Å². The minimum Gasteiger partial charge on any atom is -0.493 e. The highest BCUT2D eigenvalue weighted by molar-refractivity contribution is 6.00. The van der Waals surface area contributed by atoms with Gasteiger partial charge in [0.15, 0.2) is 23.9 Å². The van der Waals surface area contributed by atoms with Gasteiger partial charge in [-0.15, -0.1) is 0 Å². The van der Waals surface area contributed by atoms with E-state index in [4.69, 9.17) is 18.9 Å². The first-order valence-electron chi connectivity index (χ1n) is 7.66. The molecule has 2 aromatic carbocycles. The van der Waals surface area contributed by atoms with Crippen LogP contribution in [0.1, 0.15) is 20.7 Å². The Bertz CT molecular complexity index is 860. The van der Waals surface area contributed by atoms with E-state index >= 15 is 0 Å². The van der Waals surface area contributed by atoms with Gasteiger partial charge in [0.25, 0.3) is 5.69 Å². The monoisotopic (exact) mass is 375 g/mol. The van der Waals surface area contributed by atoms with Gasteiger partial charge in [0, 0.05) is 17.7 Å². The minimum atomic E-state index is -0.789. The van der Waals surface area contributed by atoms with Gasteiger partial charge in [-0.1, -0.05) is 0 Å². The van der Waals surface area contributed by atoms with Crippen molar-refractivity contribution in [1.82, 2.24) is 0 Å². The summed E-state index contributed by atoms with van der Waals surface area (Å²) in [4.78, 5) is 34.5. The zero-order valence-corrected chi connectivity index (χ0v) is 14.9. The molecular weight excluding hydrogens is 358 g/mol. The SMILES string of the molecule is COc1ccc(C(=O)OCC(=O)c2ccc([N+](=O)[O-])cc2)c(OC)c1OC. The van der Waals surface area contributed by atoms with Gasteiger partial charge >= 0.3 is 5.97 Å². The van der Waals surface area contributed by atoms with Crippen LogP contribution in [0.15, 0.2) is 36.4 Å². The predicted octanol–water partition coefficient (Wildman–Crippen LogP) is 2.66. The van der Waals surface area contributed by atoms with Crippen molar-refractivity contribution in [2.24, 2.45) is 0 Å². The standard InChI is InChI=1S/C18H17NO8/c1-24-15-9-8-13(16(25-2)17(15)26-3)18(21)27-10-14(20)11-4-6-12(7-5-11)19(22)23/h4-9H,10H2,1-3H3. The fourth-order valence-electron chi connectivity index (χ4n) is 2.32. The van der Waals surface area contributed by atoms with E-state index in [1.165, 1.54) is 57.7 Å². The molecule has 142 valence electrons. The molecule has 0 aliphatic carbocycles. The number of carbonyl (C=O) groups excluding carboxylic acids is 2. The van der Waals surface area contributed by atoms with Gasteiger partial charge in [0.2, 0.25) is 5.75 Å². The molecule has 9 heteroatoms. The van der Waals surface area contributed by atoms with Gasteiger partial charge in [-0.3, -0.25) is 14.9 Å². The third kappa shape index (κ3) is 4.32. The maximum Gasteiger partial charge on any atom is 0.342 e. The number of esters is 1. The smallest absolute Gasteiger partial charge is 0.342 e. The van der Waals surface area contributed by atoms with E-state index < -0.39 is 23.3 Å². The highest BCUT2D eigenvalue weighted by Crippen LogP contribution is 2.39. The van der Waals surface area contributed by atoms with E-state index in [0.29, 0.717) is 5.75 Å². The lowest BCUT2D eigenvalue weighted by Crippen LogP contribution is -2.15. The number of ether oxygens (including phenoxy) is 4. The maximum absolute atomic E-state index is 12.3. The molecule has 0 N–H and O–H groups in total. The molecule has 2 rings (SSSR count). The quantitative estimate of drug-likeness (QED) is 0.299. The summed E-state index contributed by atoms with van der Waals surface area (Å²) < 4.78 is 20.6. The Balaban J connectivity index is 2.13. The number of rotatable bonds is 8. The van der Waals surface area contributed by atoms with Crippen LogP contribution >= 0.6 is 0 Å². The minimum absolute atomic E-state index is 0.0617. The molecule has 0 saturated heterocycles. The van der Waals surface area contributed by atoms with Crippen LogP contribution in [0.4, 0.5) is 5.69 Å². The molecule has 2 aromatic rings. The Morgan fingerprint density at radius 3 is 2.07 bits per heavy atom. The van der Waals surface area contributed by atoms with E-state index in [0.717, 1.165) is 0 Å². The van der Waals surface area contributed by atoms with Gasteiger partial charge in [-0.05, 0) is 24.3 Å². The Labute approximate surface area is 154 Å². The number of ketones is 1. The Morgan fingerprint density at radius 1 is 0.926 bits per heavy atom. The number of nitrogens with zero attached hydrogens (tertiary/aromatic N) is 1. The van der Waals surface area contributed by atoms with Crippen LogP contribution in [-0.2, 0) is 4.74 Å². The fraction of sp³-hybridized carbons (Fsp3) is 0.222. The number of carbonyl (C=O) groups is 2. The number of nitro groups is 1. The number of hydrogen-bond acceptors (Lipinski definition) is 8. The average molecular weight is 375 g/mol. The third-order valence-electron chi connectivity index (χ3n) is 3.66. The molecule has 0 amide bonds. The number of non-ortho nitro benzene ring substituents is 1. The van der Waals surface area contributed by atoms with Crippen LogP contribution < -0.4 is 14.2 Å². The summed E-state index contributed by atoms with van der Waals surface area (Å²) in [7, 11) is 4.20. The lowest BCUT2D eigenvalue weighted by Gasteiger charge is -2.15. The van der Waals surface area contributed by atoms with Crippen LogP contribution in [0.3, 0.4) is 0 Å². The number of methoxy groups -OCH3 is 3. The first-order valence-corrected chi connectivity index (χ1v) is 7.66. The van der Waals surface area contributed by atoms with Crippen molar-refractivity contribution in [2.75, 3.05) is 27.9 Å². The average Bonchev–Trinajstić information content (AvgIpc) is 2.70. The van der Waals surface area contributed by atoms with E-state index in [-0.39, 0.29) is 28.3 Å². The second kappa shape index (κ2) is 8.65. The molecule has 0 aromatic heterocycles. The molecule has 0 bridgehead atoms. The molecule has 0 spiro atoms. The summed E-state index contributed by atoms with van der Waals surface area (Å²) >= 11 is 0. The molecule has 0 saturated carbocycles. The van der Waals surface area contributed by atoms with Crippen LogP contribution in [0.5, 0.6) is 17.2 Å². The zero-order chi connectivity index (χ0) is 20.0. The fourth-order valence-corrected chi connectivity index (χ4v) is 2.32. The summed E-state index contributed by atoms with van der Waals surface area (Å²) in [5.74, 6) is -0.589. The second-order valence-corrected chi connectivity index (χ2v) is 5.19. The molecular formula is C18H17NO8. The molecule has 0 unspecified atom stereocenters. The van der Waals surface area contributed by atoms with Crippen molar-refractivity contribution in [1.29, 1.82) is 0 Å². The van der Waals surface area contributed by atoms with E-state index in [2.05, 4.69) is 0 Å². The molecule has 0 aliphatic heterocycles. The Kier molecular flexibility index (Phi) is 6.32. The Hall–Kier alpha value is -3.62. The number of Topliss-reactive ketones (excluding diaryl/α,β-unsaturated/α-hetero) is 1. The predicted molar refractivity (Wildman–Crippen MR) is 93.8 cm³/mol. The van der Waals surface area contributed by atoms with Gasteiger partial charge in [-0.25, -0.2) is 4.79 Å². The van der Waals surface area contributed by atoms with Crippen molar-refractivity contribution in [3.05, 3.63) is 57.6 Å². The van der Waals surface area contributed by atoms with Crippen LogP contribution in [0.25, 0.3) is 0 Å². The number of nitro benzene ring substituents is 1. The molecule has 0 fully saturated rings.